The summed E-state index contributed by atoms with van der Waals surface area (Å²) in [6.07, 6.45) is 13.1. The second-order valence-corrected chi connectivity index (χ2v) is 28.0. The van der Waals surface area contributed by atoms with Gasteiger partial charge in [-0.2, -0.15) is 0 Å². The lowest BCUT2D eigenvalue weighted by molar-refractivity contribution is -0.142. The quantitative estimate of drug-likeness (QED) is 0.0182. The number of nitrogens with two attached hydrogens (primary N) is 2. The van der Waals surface area contributed by atoms with E-state index in [1.54, 1.807) is 6.92 Å². The zero-order valence-electron chi connectivity index (χ0n) is 44.7. The maximum absolute atomic E-state index is 17.3. The van der Waals surface area contributed by atoms with Crippen LogP contribution in [0.2, 0.25) is 0 Å². The van der Waals surface area contributed by atoms with Gasteiger partial charge in [0.2, 0.25) is 0 Å². The van der Waals surface area contributed by atoms with E-state index in [9.17, 15) is 14.2 Å². The van der Waals surface area contributed by atoms with Crippen molar-refractivity contribution in [3.8, 4) is 0 Å². The number of nitrogen functional groups attached to an aromatic ring is 2. The molecule has 6 heterocycles. The van der Waals surface area contributed by atoms with Crippen LogP contribution in [0.1, 0.15) is 162 Å². The lowest BCUT2D eigenvalue weighted by atomic mass is 10.0. The molecule has 432 valence electrons. The zero-order chi connectivity index (χ0) is 55.2. The van der Waals surface area contributed by atoms with Gasteiger partial charge in [0, 0.05) is 37.3 Å². The minimum absolute atomic E-state index is 0.0163. The molecule has 0 amide bonds. The van der Waals surface area contributed by atoms with Crippen LogP contribution in [0, 0.1) is 5.92 Å². The van der Waals surface area contributed by atoms with E-state index in [1.165, 1.54) is 99.3 Å². The van der Waals surface area contributed by atoms with Gasteiger partial charge < -0.3 is 39.7 Å². The average molecular weight is 1160 g/mol. The van der Waals surface area contributed by atoms with E-state index in [4.69, 9.17) is 48.7 Å². The van der Waals surface area contributed by atoms with Crippen LogP contribution in [0.4, 0.5) is 20.4 Å². The van der Waals surface area contributed by atoms with Crippen molar-refractivity contribution in [2.75, 3.05) is 50.0 Å². The predicted octanol–water partition coefficient (Wildman–Crippen LogP) is 11.6. The largest absolute Gasteiger partial charge is 0.454 e. The monoisotopic (exact) mass is 1160 g/mol. The molecule has 2 saturated heterocycles. The van der Waals surface area contributed by atoms with E-state index in [0.717, 1.165) is 44.9 Å². The summed E-state index contributed by atoms with van der Waals surface area (Å²) in [7, 11) is 1.31. The minimum atomic E-state index is -4.69. The van der Waals surface area contributed by atoms with E-state index in [1.807, 2.05) is 0 Å². The number of hydrogen-bond donors (Lipinski definition) is 2. The molecule has 4 N–H and O–H groups in total. The number of anilines is 2. The number of imidazole rings is 2. The fraction of sp³-hybridized carbons (Fsp3) is 0.755. The van der Waals surface area contributed by atoms with Crippen molar-refractivity contribution in [2.45, 2.75) is 192 Å². The van der Waals surface area contributed by atoms with Gasteiger partial charge in [-0.3, -0.25) is 32.3 Å². The SMILES string of the molecule is CCCCCCCCCCCC(=O)OCSP(=O)(COC)OC[C@H]1O[C@@H](n2cnc3c(N)ncnc32)[C@H](F)[C@@H]1OP(=O)(OC[C@H]1O[C@@H](n2cnc3c(N)ncnc32)[C@H](F)[C@@H]1C)SCOC(=O)CCCCCCCCCCC. The molecule has 0 radical (unpaired) electrons. The van der Waals surface area contributed by atoms with Crippen LogP contribution in [-0.2, 0) is 56.0 Å². The Bertz CT molecular complexity index is 2540. The molecule has 0 spiro atoms. The second kappa shape index (κ2) is 32.0. The third-order valence-corrected chi connectivity index (χ3v) is 20.7. The standard InChI is InChI=1S/C49H78F2N10O12P2S2/c1-5-7-9-11-13-15-17-19-21-23-37(62)67-32-76-74(64,31-66-4)69-26-36-43(40(51)49(72-36)61-30-59-42-45(53)55-28-57-47(42)61)73-75(65,77-33-68-38(63)24-22-20-18-16-14-12-10-8-6-2)70-25-35-34(3)39(50)48(71-35)60-29-58-41-44(52)54-27-56-46(41)60/h27-30,34-36,39-40,43,48-49H,5-26,31-33H2,1-4H3,(H2,52,54,56)(H2,53,55,57)/t34-,35-,36-,39-,40-,43-,48-,49-,74?,75?/m1/s1. The van der Waals surface area contributed by atoms with Gasteiger partial charge in [0.05, 0.1) is 32.0 Å². The van der Waals surface area contributed by atoms with Crippen molar-refractivity contribution in [3.05, 3.63) is 25.3 Å². The summed E-state index contributed by atoms with van der Waals surface area (Å²) in [6, 6.07) is 0. The predicted molar refractivity (Wildman–Crippen MR) is 291 cm³/mol. The molecule has 77 heavy (non-hydrogen) atoms. The summed E-state index contributed by atoms with van der Waals surface area (Å²) >= 11 is 1.19. The van der Waals surface area contributed by atoms with Gasteiger partial charge in [-0.25, -0.2) is 43.2 Å². The number of carbonyl (C=O) groups is 2. The smallest absolute Gasteiger partial charge is 0.392 e. The summed E-state index contributed by atoms with van der Waals surface area (Å²) in [5, 5.41) is 0. The summed E-state index contributed by atoms with van der Waals surface area (Å²) in [6.45, 7) is -3.77. The highest BCUT2D eigenvalue weighted by molar-refractivity contribution is 8.56. The number of esters is 2. The number of methoxy groups -OCH3 is 1. The van der Waals surface area contributed by atoms with Crippen molar-refractivity contribution in [2.24, 2.45) is 5.92 Å². The number of halogens is 2. The van der Waals surface area contributed by atoms with Gasteiger partial charge in [0.1, 0.15) is 54.1 Å². The summed E-state index contributed by atoms with van der Waals surface area (Å²) in [4.78, 5) is 50.5. The number of unbranched alkanes of at least 4 members (excludes halogenated alkanes) is 16. The summed E-state index contributed by atoms with van der Waals surface area (Å²) in [5.41, 5.74) is 12.8. The number of carbonyl (C=O) groups excluding carboxylic acids is 2. The number of hydrogen-bond acceptors (Lipinski definition) is 22. The van der Waals surface area contributed by atoms with Gasteiger partial charge in [-0.1, -0.05) is 124 Å². The molecule has 0 aliphatic carbocycles. The van der Waals surface area contributed by atoms with Crippen molar-refractivity contribution in [1.82, 2.24) is 39.0 Å². The average Bonchev–Trinajstić information content (AvgIpc) is 4.21. The Balaban J connectivity index is 1.15. The lowest BCUT2D eigenvalue weighted by Crippen LogP contribution is -2.34. The molecule has 28 heteroatoms. The number of rotatable bonds is 38. The Labute approximate surface area is 457 Å². The highest BCUT2D eigenvalue weighted by Crippen LogP contribution is 2.64. The van der Waals surface area contributed by atoms with Gasteiger partial charge in [0.25, 0.3) is 6.57 Å². The van der Waals surface area contributed by atoms with Crippen LogP contribution in [0.3, 0.4) is 0 Å². The Morgan fingerprint density at radius 1 is 0.636 bits per heavy atom. The molecule has 10 atom stereocenters. The Morgan fingerprint density at radius 3 is 1.60 bits per heavy atom. The van der Waals surface area contributed by atoms with Crippen LogP contribution in [0.15, 0.2) is 25.3 Å². The maximum Gasteiger partial charge on any atom is 0.392 e. The molecule has 6 rings (SSSR count). The Morgan fingerprint density at radius 2 is 1.09 bits per heavy atom. The lowest BCUT2D eigenvalue weighted by Gasteiger charge is -2.27. The number of fused-ring (bicyclic) bond motifs is 2. The number of ether oxygens (including phenoxy) is 5. The molecule has 0 aromatic carbocycles. The van der Waals surface area contributed by atoms with Crippen molar-refractivity contribution in [1.29, 1.82) is 0 Å². The topological polar surface area (TPSA) is 281 Å². The van der Waals surface area contributed by atoms with Crippen LogP contribution in [0.5, 0.6) is 0 Å². The number of nitrogens with zero attached hydrogens (tertiary/aromatic N) is 8. The highest BCUT2D eigenvalue weighted by atomic mass is 32.7. The number of alkyl halides is 2. The molecule has 4 aromatic rings. The van der Waals surface area contributed by atoms with Gasteiger partial charge in [0.15, 0.2) is 47.7 Å². The van der Waals surface area contributed by atoms with E-state index < -0.39 is 99.8 Å². The maximum atomic E-state index is 17.3. The molecule has 2 aliphatic rings. The first kappa shape index (κ1) is 62.6. The molecular weight excluding hydrogens is 1080 g/mol. The first-order chi connectivity index (χ1) is 37.2. The van der Waals surface area contributed by atoms with Crippen molar-refractivity contribution >= 4 is 82.0 Å². The molecule has 2 fully saturated rings. The molecule has 2 unspecified atom stereocenters. The van der Waals surface area contributed by atoms with E-state index in [-0.39, 0.29) is 52.7 Å². The first-order valence-electron chi connectivity index (χ1n) is 26.9. The third-order valence-electron chi connectivity index (χ3n) is 13.5. The van der Waals surface area contributed by atoms with Gasteiger partial charge in [-0.05, 0) is 24.2 Å². The van der Waals surface area contributed by atoms with Crippen LogP contribution in [0.25, 0.3) is 22.3 Å². The Kier molecular flexibility index (Phi) is 26.0. The zero-order valence-corrected chi connectivity index (χ0v) is 48.1. The van der Waals surface area contributed by atoms with E-state index in [2.05, 4.69) is 43.8 Å². The van der Waals surface area contributed by atoms with E-state index in [0.29, 0.717) is 35.6 Å². The van der Waals surface area contributed by atoms with Gasteiger partial charge in [-0.15, -0.1) is 0 Å². The molecule has 0 bridgehead atoms. The van der Waals surface area contributed by atoms with Crippen LogP contribution >= 0.6 is 36.1 Å². The van der Waals surface area contributed by atoms with Gasteiger partial charge >= 0.3 is 18.7 Å². The number of aromatic nitrogens is 8. The van der Waals surface area contributed by atoms with E-state index >= 15 is 13.3 Å². The molecule has 4 aromatic heterocycles. The second-order valence-electron chi connectivity index (χ2n) is 19.4. The molecular formula is C49H78F2N10O12P2S2. The molecule has 2 aliphatic heterocycles. The minimum Gasteiger partial charge on any atom is -0.454 e. The van der Waals surface area contributed by atoms with Crippen molar-refractivity contribution < 1.29 is 64.8 Å². The summed E-state index contributed by atoms with van der Waals surface area (Å²) in [5.74, 6) is -2.60. The first-order valence-corrected chi connectivity index (χ1v) is 33.5. The molecule has 0 saturated carbocycles. The summed E-state index contributed by atoms with van der Waals surface area (Å²) < 4.78 is 112. The Hall–Kier alpha value is -3.58. The third kappa shape index (κ3) is 18.5. The van der Waals surface area contributed by atoms with Crippen molar-refractivity contribution in [3.63, 3.8) is 0 Å². The van der Waals surface area contributed by atoms with Crippen LogP contribution in [-0.4, -0.2) is 120 Å². The fourth-order valence-corrected chi connectivity index (χ4v) is 14.7. The molecule has 22 nitrogen and oxygen atoms in total. The highest BCUT2D eigenvalue weighted by Gasteiger charge is 2.53. The normalized spacial score (nSPS) is 23.1. The fourth-order valence-electron chi connectivity index (χ4n) is 9.05. The van der Waals surface area contributed by atoms with Crippen LogP contribution < -0.4 is 11.5 Å².